The van der Waals surface area contributed by atoms with Gasteiger partial charge >= 0.3 is 0 Å². The van der Waals surface area contributed by atoms with Crippen LogP contribution in [0.1, 0.15) is 12.5 Å². The third-order valence-electron chi connectivity index (χ3n) is 3.34. The van der Waals surface area contributed by atoms with Crippen molar-refractivity contribution in [2.24, 2.45) is 5.92 Å². The molecule has 2 heterocycles. The molecule has 0 aliphatic heterocycles. The second-order valence-corrected chi connectivity index (χ2v) is 5.34. The van der Waals surface area contributed by atoms with Crippen molar-refractivity contribution in [1.82, 2.24) is 19.5 Å². The third kappa shape index (κ3) is 2.08. The number of hydrogen-bond donors (Lipinski definition) is 2. The molecule has 1 aliphatic rings. The molecule has 0 saturated heterocycles. The highest BCUT2D eigenvalue weighted by Gasteiger charge is 2.22. The molecule has 0 amide bonds. The van der Waals surface area contributed by atoms with Crippen molar-refractivity contribution in [1.29, 1.82) is 0 Å². The van der Waals surface area contributed by atoms with Gasteiger partial charge in [-0.15, -0.1) is 11.8 Å². The van der Waals surface area contributed by atoms with Crippen LogP contribution in [0.15, 0.2) is 23.5 Å². The molecular weight excluding hydrogens is 262 g/mol. The molecule has 3 N–H and O–H groups in total. The molecule has 3 rings (SSSR count). The van der Waals surface area contributed by atoms with Crippen LogP contribution in [0.25, 0.3) is 11.2 Å². The molecule has 2 aromatic rings. The van der Waals surface area contributed by atoms with Gasteiger partial charge in [0.2, 0.25) is 5.95 Å². The van der Waals surface area contributed by atoms with Crippen LogP contribution in [-0.2, 0) is 0 Å². The lowest BCUT2D eigenvalue weighted by Crippen LogP contribution is -2.08. The van der Waals surface area contributed by atoms with Crippen LogP contribution in [0.4, 0.5) is 5.95 Å². The number of aromatic nitrogens is 4. The first-order chi connectivity index (χ1) is 9.22. The number of anilines is 1. The Bertz CT molecular complexity index is 638. The topological polar surface area (TPSA) is 89.9 Å². The highest BCUT2D eigenvalue weighted by molar-refractivity contribution is 7.98. The lowest BCUT2D eigenvalue weighted by Gasteiger charge is -2.12. The van der Waals surface area contributed by atoms with Crippen LogP contribution in [0.5, 0.6) is 0 Å². The SMILES string of the molecule is CSc1nc(N)nc2c1ncn2C1C=CC(CO)C1. The standard InChI is InChI=1S/C12H15N5OS/c1-19-11-9-10(15-12(13)16-11)17(6-14-9)8-3-2-7(4-8)5-18/h2-3,6-8,18H,4-5H2,1H3,(H2,13,15,16). The van der Waals surface area contributed by atoms with E-state index in [1.807, 2.05) is 16.9 Å². The molecule has 0 spiro atoms. The number of rotatable bonds is 3. The Hall–Kier alpha value is -1.60. The average molecular weight is 277 g/mol. The number of thioether (sulfide) groups is 1. The minimum atomic E-state index is 0.172. The van der Waals surface area contributed by atoms with Crippen molar-refractivity contribution in [3.63, 3.8) is 0 Å². The summed E-state index contributed by atoms with van der Waals surface area (Å²) in [5, 5.41) is 9.99. The van der Waals surface area contributed by atoms with E-state index in [4.69, 9.17) is 5.73 Å². The Kier molecular flexibility index (Phi) is 3.16. The van der Waals surface area contributed by atoms with Crippen LogP contribution in [0.3, 0.4) is 0 Å². The Balaban J connectivity index is 2.06. The molecule has 7 heteroatoms. The van der Waals surface area contributed by atoms with Gasteiger partial charge < -0.3 is 15.4 Å². The van der Waals surface area contributed by atoms with Gasteiger partial charge in [0.25, 0.3) is 0 Å². The summed E-state index contributed by atoms with van der Waals surface area (Å²) in [7, 11) is 0. The van der Waals surface area contributed by atoms with Crippen LogP contribution in [0, 0.1) is 5.92 Å². The summed E-state index contributed by atoms with van der Waals surface area (Å²) >= 11 is 1.51. The normalized spacial score (nSPS) is 22.4. The maximum absolute atomic E-state index is 9.20. The smallest absolute Gasteiger partial charge is 0.223 e. The molecule has 2 unspecified atom stereocenters. The number of imidazole rings is 1. The fraction of sp³-hybridized carbons (Fsp3) is 0.417. The van der Waals surface area contributed by atoms with Crippen molar-refractivity contribution in [2.45, 2.75) is 17.5 Å². The van der Waals surface area contributed by atoms with Gasteiger partial charge in [0.15, 0.2) is 5.65 Å². The quantitative estimate of drug-likeness (QED) is 0.498. The molecule has 0 radical (unpaired) electrons. The van der Waals surface area contributed by atoms with Crippen molar-refractivity contribution in [3.05, 3.63) is 18.5 Å². The van der Waals surface area contributed by atoms with E-state index in [1.165, 1.54) is 11.8 Å². The highest BCUT2D eigenvalue weighted by atomic mass is 32.2. The Morgan fingerprint density at radius 3 is 3.00 bits per heavy atom. The van der Waals surface area contributed by atoms with Gasteiger partial charge in [-0.05, 0) is 12.7 Å². The average Bonchev–Trinajstić information content (AvgIpc) is 3.03. The predicted molar refractivity (Wildman–Crippen MR) is 74.9 cm³/mol. The summed E-state index contributed by atoms with van der Waals surface area (Å²) in [6.45, 7) is 0.173. The third-order valence-corrected chi connectivity index (χ3v) is 4.01. The predicted octanol–water partition coefficient (Wildman–Crippen LogP) is 1.24. The first-order valence-corrected chi connectivity index (χ1v) is 7.28. The zero-order chi connectivity index (χ0) is 13.4. The van der Waals surface area contributed by atoms with Crippen LogP contribution < -0.4 is 5.73 Å². The fourth-order valence-electron chi connectivity index (χ4n) is 2.39. The number of hydrogen-bond acceptors (Lipinski definition) is 6. The van der Waals surface area contributed by atoms with E-state index in [1.54, 1.807) is 6.33 Å². The number of aliphatic hydroxyl groups excluding tert-OH is 1. The minimum absolute atomic E-state index is 0.172. The van der Waals surface area contributed by atoms with Crippen molar-refractivity contribution >= 4 is 28.9 Å². The summed E-state index contributed by atoms with van der Waals surface area (Å²) in [6, 6.07) is 0.172. The van der Waals surface area contributed by atoms with Gasteiger partial charge in [-0.1, -0.05) is 12.2 Å². The number of allylic oxidation sites excluding steroid dienone is 1. The number of aliphatic hydroxyl groups is 1. The van der Waals surface area contributed by atoms with E-state index in [0.717, 1.165) is 22.6 Å². The number of fused-ring (bicyclic) bond motifs is 1. The summed E-state index contributed by atoms with van der Waals surface area (Å²) < 4.78 is 2.00. The fourth-order valence-corrected chi connectivity index (χ4v) is 2.91. The number of nitrogen functional groups attached to an aromatic ring is 1. The number of nitrogens with two attached hydrogens (primary N) is 1. The largest absolute Gasteiger partial charge is 0.396 e. The summed E-state index contributed by atoms with van der Waals surface area (Å²) in [5.74, 6) is 0.473. The van der Waals surface area contributed by atoms with E-state index in [9.17, 15) is 5.11 Å². The van der Waals surface area contributed by atoms with Crippen LogP contribution in [0.2, 0.25) is 0 Å². The maximum atomic E-state index is 9.20. The van der Waals surface area contributed by atoms with Gasteiger partial charge in [0.1, 0.15) is 10.5 Å². The van der Waals surface area contributed by atoms with Gasteiger partial charge in [0.05, 0.1) is 12.4 Å². The zero-order valence-electron chi connectivity index (χ0n) is 10.5. The summed E-state index contributed by atoms with van der Waals surface area (Å²) in [6.07, 6.45) is 8.70. The van der Waals surface area contributed by atoms with Gasteiger partial charge in [-0.3, -0.25) is 0 Å². The Morgan fingerprint density at radius 2 is 2.32 bits per heavy atom. The van der Waals surface area contributed by atoms with Crippen molar-refractivity contribution < 1.29 is 5.11 Å². The van der Waals surface area contributed by atoms with Gasteiger partial charge in [-0.2, -0.15) is 4.98 Å². The van der Waals surface area contributed by atoms with Gasteiger partial charge in [-0.25, -0.2) is 9.97 Å². The molecule has 2 atom stereocenters. The van der Waals surface area contributed by atoms with E-state index in [2.05, 4.69) is 21.0 Å². The molecular formula is C12H15N5OS. The Morgan fingerprint density at radius 1 is 1.47 bits per heavy atom. The molecule has 1 aliphatic carbocycles. The maximum Gasteiger partial charge on any atom is 0.223 e. The van der Waals surface area contributed by atoms with Gasteiger partial charge in [0, 0.05) is 12.5 Å². The molecule has 0 saturated carbocycles. The second kappa shape index (κ2) is 4.82. The highest BCUT2D eigenvalue weighted by Crippen LogP contribution is 2.31. The molecule has 100 valence electrons. The zero-order valence-corrected chi connectivity index (χ0v) is 11.3. The lowest BCUT2D eigenvalue weighted by molar-refractivity contribution is 0.244. The lowest BCUT2D eigenvalue weighted by atomic mass is 10.1. The van der Waals surface area contributed by atoms with E-state index in [0.29, 0.717) is 0 Å². The second-order valence-electron chi connectivity index (χ2n) is 4.55. The summed E-state index contributed by atoms with van der Waals surface area (Å²) in [4.78, 5) is 12.9. The van der Waals surface area contributed by atoms with Crippen molar-refractivity contribution in [3.8, 4) is 0 Å². The summed E-state index contributed by atoms with van der Waals surface area (Å²) in [5.41, 5.74) is 7.28. The van der Waals surface area contributed by atoms with E-state index in [-0.39, 0.29) is 24.5 Å². The molecule has 0 bridgehead atoms. The van der Waals surface area contributed by atoms with Crippen LogP contribution in [-0.4, -0.2) is 37.5 Å². The first-order valence-electron chi connectivity index (χ1n) is 6.06. The monoisotopic (exact) mass is 277 g/mol. The molecule has 0 aromatic carbocycles. The van der Waals surface area contributed by atoms with E-state index >= 15 is 0 Å². The van der Waals surface area contributed by atoms with Crippen LogP contribution >= 0.6 is 11.8 Å². The van der Waals surface area contributed by atoms with Crippen molar-refractivity contribution in [2.75, 3.05) is 18.6 Å². The molecule has 0 fully saturated rings. The molecule has 19 heavy (non-hydrogen) atoms. The minimum Gasteiger partial charge on any atom is -0.396 e. The Labute approximate surface area is 114 Å². The molecule has 2 aromatic heterocycles. The first kappa shape index (κ1) is 12.4. The number of nitrogens with zero attached hydrogens (tertiary/aromatic N) is 4. The van der Waals surface area contributed by atoms with E-state index < -0.39 is 0 Å². The molecule has 6 nitrogen and oxygen atoms in total.